The summed E-state index contributed by atoms with van der Waals surface area (Å²) in [5.74, 6) is 1.28. The minimum Gasteiger partial charge on any atom is -0.456 e. The van der Waals surface area contributed by atoms with Gasteiger partial charge in [0.05, 0.1) is 24.9 Å². The number of para-hydroxylation sites is 4. The van der Waals surface area contributed by atoms with Gasteiger partial charge in [-0.25, -0.2) is 15.0 Å². The van der Waals surface area contributed by atoms with E-state index in [0.717, 1.165) is 38.6 Å². The van der Waals surface area contributed by atoms with E-state index < -0.39 is 0 Å². The molecule has 6 heteroatoms. The number of rotatable bonds is 5. The van der Waals surface area contributed by atoms with Crippen molar-refractivity contribution < 1.29 is 17.1 Å². The van der Waals surface area contributed by atoms with Gasteiger partial charge in [-0.15, -0.1) is 0 Å². The molecular formula is C51H30N4O2. The summed E-state index contributed by atoms with van der Waals surface area (Å²) < 4.78 is 68.8. The van der Waals surface area contributed by atoms with Crippen LogP contribution in [-0.2, 0) is 0 Å². The van der Waals surface area contributed by atoms with Crippen molar-refractivity contribution in [2.24, 2.45) is 0 Å². The van der Waals surface area contributed by atoms with Crippen LogP contribution in [0.15, 0.2) is 191 Å². The zero-order valence-electron chi connectivity index (χ0n) is 36.0. The molecule has 8 aromatic carbocycles. The summed E-state index contributed by atoms with van der Waals surface area (Å²) in [5.41, 5.74) is 7.23. The first kappa shape index (κ1) is 26.1. The second-order valence-corrected chi connectivity index (χ2v) is 13.9. The van der Waals surface area contributed by atoms with Gasteiger partial charge in [-0.3, -0.25) is 0 Å². The Morgan fingerprint density at radius 1 is 0.421 bits per heavy atom. The van der Waals surface area contributed by atoms with Crippen LogP contribution < -0.4 is 0 Å². The summed E-state index contributed by atoms with van der Waals surface area (Å²) in [6.07, 6.45) is 0. The lowest BCUT2D eigenvalue weighted by Gasteiger charge is -2.16. The second-order valence-electron chi connectivity index (χ2n) is 13.9. The fraction of sp³-hybridized carbons (Fsp3) is 0. The molecule has 0 saturated heterocycles. The first-order valence-electron chi connectivity index (χ1n) is 21.5. The van der Waals surface area contributed by atoms with Crippen molar-refractivity contribution in [1.29, 1.82) is 0 Å². The fourth-order valence-corrected chi connectivity index (χ4v) is 8.10. The summed E-state index contributed by atoms with van der Waals surface area (Å²) in [4.78, 5) is 15.2. The average Bonchev–Trinajstić information content (AvgIpc) is 4.01. The average molecular weight is 737 g/mol. The number of hydrogen-bond donors (Lipinski definition) is 0. The van der Waals surface area contributed by atoms with E-state index in [4.69, 9.17) is 29.3 Å². The van der Waals surface area contributed by atoms with Gasteiger partial charge in [0, 0.05) is 54.6 Å². The first-order valence-corrected chi connectivity index (χ1v) is 18.5. The molecule has 0 saturated carbocycles. The molecule has 0 radical (unpaired) electrons. The number of aromatic nitrogens is 4. The van der Waals surface area contributed by atoms with Crippen LogP contribution in [0.1, 0.15) is 8.22 Å². The summed E-state index contributed by atoms with van der Waals surface area (Å²) >= 11 is 0. The highest BCUT2D eigenvalue weighted by atomic mass is 16.3. The maximum Gasteiger partial charge on any atom is 0.166 e. The Balaban J connectivity index is 1.25. The molecule has 0 bridgehead atoms. The molecule has 266 valence electrons. The van der Waals surface area contributed by atoms with Gasteiger partial charge in [0.25, 0.3) is 0 Å². The van der Waals surface area contributed by atoms with Crippen LogP contribution in [0.3, 0.4) is 0 Å². The first-order chi connectivity index (χ1) is 30.7. The van der Waals surface area contributed by atoms with Crippen LogP contribution in [0.4, 0.5) is 0 Å². The van der Waals surface area contributed by atoms with Crippen LogP contribution in [-0.4, -0.2) is 19.5 Å². The maximum absolute atomic E-state index is 9.52. The monoisotopic (exact) mass is 736 g/mol. The lowest BCUT2D eigenvalue weighted by molar-refractivity contribution is 0.669. The minimum atomic E-state index is -0.146. The number of benzene rings is 8. The van der Waals surface area contributed by atoms with Crippen LogP contribution in [0.5, 0.6) is 0 Å². The van der Waals surface area contributed by atoms with E-state index in [1.807, 2.05) is 132 Å². The van der Waals surface area contributed by atoms with Crippen molar-refractivity contribution >= 4 is 65.7 Å². The van der Waals surface area contributed by atoms with Gasteiger partial charge in [-0.2, -0.15) is 0 Å². The summed E-state index contributed by atoms with van der Waals surface area (Å²) in [5, 5.41) is 3.41. The number of fused-ring (bicyclic) bond motifs is 10. The van der Waals surface area contributed by atoms with Crippen molar-refractivity contribution in [1.82, 2.24) is 19.5 Å². The largest absolute Gasteiger partial charge is 0.456 e. The van der Waals surface area contributed by atoms with Crippen LogP contribution in [0, 0.1) is 0 Å². The van der Waals surface area contributed by atoms with E-state index in [2.05, 4.69) is 0 Å². The van der Waals surface area contributed by atoms with E-state index >= 15 is 0 Å². The molecule has 0 spiro atoms. The number of furan rings is 2. The van der Waals surface area contributed by atoms with Crippen LogP contribution >= 0.6 is 0 Å². The van der Waals surface area contributed by atoms with Crippen LogP contribution in [0.25, 0.3) is 117 Å². The Kier molecular flexibility index (Phi) is 5.64. The molecule has 4 aromatic heterocycles. The van der Waals surface area contributed by atoms with Gasteiger partial charge in [0.1, 0.15) is 22.3 Å². The molecule has 0 aliphatic carbocycles. The molecule has 0 unspecified atom stereocenters. The van der Waals surface area contributed by atoms with E-state index in [-0.39, 0.29) is 47.2 Å². The van der Waals surface area contributed by atoms with Crippen molar-refractivity contribution in [2.75, 3.05) is 0 Å². The summed E-state index contributed by atoms with van der Waals surface area (Å²) in [6.45, 7) is 0. The topological polar surface area (TPSA) is 69.9 Å². The molecule has 4 heterocycles. The van der Waals surface area contributed by atoms with E-state index in [0.29, 0.717) is 67.1 Å². The summed E-state index contributed by atoms with van der Waals surface area (Å²) in [7, 11) is 0. The van der Waals surface area contributed by atoms with Gasteiger partial charge in [0.15, 0.2) is 17.5 Å². The van der Waals surface area contributed by atoms with E-state index in [1.54, 1.807) is 6.07 Å². The third-order valence-corrected chi connectivity index (χ3v) is 10.6. The number of nitrogens with zero attached hydrogens (tertiary/aromatic N) is 4. The quantitative estimate of drug-likeness (QED) is 0.176. The van der Waals surface area contributed by atoms with Gasteiger partial charge in [-0.05, 0) is 48.0 Å². The Morgan fingerprint density at radius 3 is 1.93 bits per heavy atom. The predicted octanol–water partition coefficient (Wildman–Crippen LogP) is 13.4. The standard InChI is InChI=1S/C51H30N4O2/c1-3-14-31(15-4-1)49-52-50(32-16-5-2-6-17-32)54-51(53-49)38-27-26-33(34-21-13-22-36-35-18-8-11-24-43(35)57-48(34)36)30-42(38)55-40-23-10-7-19-37(40)46-41(55)28-29-45-47(46)39-20-9-12-25-44(39)56-45/h1-30H/i7D,9D,19D,20D,23D,25D. The highest BCUT2D eigenvalue weighted by molar-refractivity contribution is 6.27. The third-order valence-electron chi connectivity index (χ3n) is 10.6. The normalized spacial score (nSPS) is 13.3. The smallest absolute Gasteiger partial charge is 0.166 e. The van der Waals surface area contributed by atoms with Gasteiger partial charge in [0.2, 0.25) is 0 Å². The van der Waals surface area contributed by atoms with Crippen molar-refractivity contribution in [3.8, 4) is 51.0 Å². The Hall–Kier alpha value is -7.83. The molecule has 0 fully saturated rings. The fourth-order valence-electron chi connectivity index (χ4n) is 8.10. The molecule has 0 amide bonds. The summed E-state index contributed by atoms with van der Waals surface area (Å²) in [6, 6.07) is 45.0. The SMILES string of the molecule is [2H]c1cc([2H])c2oc3ccc4c(c5c([2H])c([2H])cc([2H])c5n4-c4cc(-c5cccc6c5oc5ccccc56)ccc4-c4nc(-c5ccccc5)nc(-c5ccccc5)n4)c3c2c1[2H]. The van der Waals surface area contributed by atoms with E-state index in [9.17, 15) is 2.74 Å². The van der Waals surface area contributed by atoms with Gasteiger partial charge >= 0.3 is 0 Å². The molecule has 0 aliphatic heterocycles. The van der Waals surface area contributed by atoms with Crippen molar-refractivity contribution in [3.63, 3.8) is 0 Å². The lowest BCUT2D eigenvalue weighted by Crippen LogP contribution is -2.04. The van der Waals surface area contributed by atoms with E-state index in [1.165, 1.54) is 12.1 Å². The molecule has 0 aliphatic rings. The highest BCUT2D eigenvalue weighted by Crippen LogP contribution is 2.44. The molecule has 57 heavy (non-hydrogen) atoms. The second kappa shape index (κ2) is 12.3. The third kappa shape index (κ3) is 4.87. The lowest BCUT2D eigenvalue weighted by atomic mass is 9.99. The molecule has 6 nitrogen and oxygen atoms in total. The molecule has 12 aromatic rings. The highest BCUT2D eigenvalue weighted by Gasteiger charge is 2.23. The molecule has 0 atom stereocenters. The van der Waals surface area contributed by atoms with Gasteiger partial charge < -0.3 is 13.4 Å². The zero-order valence-corrected chi connectivity index (χ0v) is 30.0. The Bertz CT molecular complexity index is 3820. The maximum atomic E-state index is 9.52. The van der Waals surface area contributed by atoms with Crippen molar-refractivity contribution in [2.45, 2.75) is 0 Å². The molecule has 12 rings (SSSR count). The Morgan fingerprint density at radius 2 is 1.12 bits per heavy atom. The minimum absolute atomic E-state index is 0.00190. The van der Waals surface area contributed by atoms with Gasteiger partial charge in [-0.1, -0.05) is 139 Å². The molecule has 0 N–H and O–H groups in total. The Labute approximate surface area is 334 Å². The van der Waals surface area contributed by atoms with Crippen LogP contribution in [0.2, 0.25) is 0 Å². The predicted molar refractivity (Wildman–Crippen MR) is 230 cm³/mol. The zero-order chi connectivity index (χ0) is 42.7. The molecular weight excluding hydrogens is 701 g/mol. The van der Waals surface area contributed by atoms with Crippen molar-refractivity contribution in [3.05, 3.63) is 182 Å². The number of hydrogen-bond acceptors (Lipinski definition) is 5.